The van der Waals surface area contributed by atoms with Crippen LogP contribution in [-0.4, -0.2) is 42.9 Å². The van der Waals surface area contributed by atoms with Crippen LogP contribution in [0.1, 0.15) is 11.1 Å². The van der Waals surface area contributed by atoms with Crippen LogP contribution in [0.2, 0.25) is 4.34 Å². The van der Waals surface area contributed by atoms with Crippen molar-refractivity contribution in [2.24, 2.45) is 0 Å². The van der Waals surface area contributed by atoms with Gasteiger partial charge in [-0.3, -0.25) is 14.2 Å². The first kappa shape index (κ1) is 24.0. The molecule has 0 radical (unpaired) electrons. The number of carbonyl (C=O) groups excluding carboxylic acids is 1. The van der Waals surface area contributed by atoms with Crippen LogP contribution in [0.4, 0.5) is 5.82 Å². The molecule has 178 valence electrons. The number of anilines is 1. The van der Waals surface area contributed by atoms with Gasteiger partial charge in [-0.2, -0.15) is 5.10 Å². The number of halogens is 1. The lowest BCUT2D eigenvalue weighted by molar-refractivity contribution is -0.123. The highest BCUT2D eigenvalue weighted by Gasteiger charge is 2.23. The number of fused-ring (bicyclic) bond motifs is 1. The van der Waals surface area contributed by atoms with E-state index in [1.165, 1.54) is 19.2 Å². The molecule has 0 atom stereocenters. The lowest BCUT2D eigenvalue weighted by Crippen LogP contribution is -2.25. The zero-order valence-electron chi connectivity index (χ0n) is 18.0. The summed E-state index contributed by atoms with van der Waals surface area (Å²) in [4.78, 5) is 11.3. The molecule has 0 saturated carbocycles. The minimum absolute atomic E-state index is 0.0766. The Bertz CT molecular complexity index is 1450. The molecule has 4 rings (SSSR count). The van der Waals surface area contributed by atoms with E-state index in [0.717, 1.165) is 22.5 Å². The number of nitrogens with zero attached hydrogens (tertiary/aromatic N) is 2. The fraction of sp³-hybridized carbons (Fsp3) is 0.182. The van der Waals surface area contributed by atoms with Crippen LogP contribution in [0.15, 0.2) is 58.8 Å². The van der Waals surface area contributed by atoms with E-state index in [0.29, 0.717) is 27.5 Å². The zero-order valence-corrected chi connectivity index (χ0v) is 20.4. The second-order valence-corrected chi connectivity index (χ2v) is 10.9. The molecule has 2 heterocycles. The second kappa shape index (κ2) is 10.0. The highest BCUT2D eigenvalue weighted by atomic mass is 35.5. The third-order valence-electron chi connectivity index (χ3n) is 4.96. The predicted octanol–water partition coefficient (Wildman–Crippen LogP) is 3.22. The number of sulfonamides is 1. The van der Waals surface area contributed by atoms with Gasteiger partial charge < -0.3 is 15.2 Å². The van der Waals surface area contributed by atoms with Gasteiger partial charge in [-0.15, -0.1) is 11.3 Å². The van der Waals surface area contributed by atoms with E-state index in [2.05, 4.69) is 15.1 Å². The van der Waals surface area contributed by atoms with Gasteiger partial charge in [-0.05, 0) is 35.4 Å². The summed E-state index contributed by atoms with van der Waals surface area (Å²) in [7, 11) is -2.39. The van der Waals surface area contributed by atoms with E-state index in [-0.39, 0.29) is 16.6 Å². The summed E-state index contributed by atoms with van der Waals surface area (Å²) in [6.07, 6.45) is 0. The molecule has 0 unspecified atom stereocenters. The van der Waals surface area contributed by atoms with E-state index in [1.807, 2.05) is 30.3 Å². The lowest BCUT2D eigenvalue weighted by Gasteiger charge is -2.08. The largest absolute Gasteiger partial charge is 0.496 e. The summed E-state index contributed by atoms with van der Waals surface area (Å²) in [6, 6.07) is 15.8. The van der Waals surface area contributed by atoms with Gasteiger partial charge in [0, 0.05) is 6.54 Å². The van der Waals surface area contributed by atoms with Gasteiger partial charge in [0.15, 0.2) is 5.82 Å². The first-order chi connectivity index (χ1) is 16.3. The van der Waals surface area contributed by atoms with Gasteiger partial charge in [0.25, 0.3) is 10.0 Å². The summed E-state index contributed by atoms with van der Waals surface area (Å²) >= 11 is 6.87. The third kappa shape index (κ3) is 5.17. The molecule has 0 bridgehead atoms. The number of benzene rings is 2. The van der Waals surface area contributed by atoms with E-state index < -0.39 is 22.5 Å². The molecular weight excluding hydrogens is 500 g/mol. The average molecular weight is 521 g/mol. The van der Waals surface area contributed by atoms with Crippen molar-refractivity contribution < 1.29 is 23.1 Å². The number of nitrogens with one attached hydrogen (secondary N) is 2. The summed E-state index contributed by atoms with van der Waals surface area (Å²) in [5, 5.41) is 16.6. The number of rotatable bonds is 9. The van der Waals surface area contributed by atoms with Crippen molar-refractivity contribution in [2.45, 2.75) is 17.3 Å². The van der Waals surface area contributed by atoms with Crippen LogP contribution >= 0.6 is 22.9 Å². The number of hydrogen-bond acceptors (Lipinski definition) is 7. The quantitative estimate of drug-likeness (QED) is 0.311. The number of aliphatic hydroxyl groups is 1. The number of amides is 1. The number of methoxy groups -OCH3 is 1. The molecule has 0 fully saturated rings. The molecular formula is C22H21ClN4O5S2. The van der Waals surface area contributed by atoms with Crippen molar-refractivity contribution in [3.05, 3.63) is 70.1 Å². The highest BCUT2D eigenvalue weighted by Crippen LogP contribution is 2.35. The van der Waals surface area contributed by atoms with Crippen LogP contribution in [0, 0.1) is 0 Å². The molecule has 12 heteroatoms. The molecule has 9 nitrogen and oxygen atoms in total. The van der Waals surface area contributed by atoms with Gasteiger partial charge in [-0.25, -0.2) is 8.42 Å². The minimum Gasteiger partial charge on any atom is -0.496 e. The molecule has 4 aromatic rings. The molecule has 1 amide bonds. The molecule has 0 spiro atoms. The Kier molecular flexibility index (Phi) is 7.08. The maximum Gasteiger partial charge on any atom is 0.272 e. The van der Waals surface area contributed by atoms with Crippen LogP contribution in [0.3, 0.4) is 0 Å². The summed E-state index contributed by atoms with van der Waals surface area (Å²) in [5.41, 5.74) is 2.42. The molecule has 0 aliphatic rings. The molecule has 2 aromatic carbocycles. The van der Waals surface area contributed by atoms with Crippen LogP contribution < -0.4 is 14.8 Å². The molecule has 0 aliphatic heterocycles. The van der Waals surface area contributed by atoms with Crippen molar-refractivity contribution >= 4 is 55.6 Å². The van der Waals surface area contributed by atoms with E-state index in [1.54, 1.807) is 16.8 Å². The van der Waals surface area contributed by atoms with Crippen molar-refractivity contribution in [1.82, 2.24) is 15.1 Å². The predicted molar refractivity (Wildman–Crippen MR) is 131 cm³/mol. The molecule has 3 N–H and O–H groups in total. The number of aromatic nitrogens is 2. The maximum absolute atomic E-state index is 12.9. The van der Waals surface area contributed by atoms with Crippen molar-refractivity contribution in [3.8, 4) is 5.75 Å². The Morgan fingerprint density at radius 3 is 2.65 bits per heavy atom. The number of ether oxygens (including phenoxy) is 1. The zero-order chi connectivity index (χ0) is 24.3. The van der Waals surface area contributed by atoms with Crippen LogP contribution in [-0.2, 0) is 27.9 Å². The normalized spacial score (nSPS) is 11.5. The topological polar surface area (TPSA) is 123 Å². The van der Waals surface area contributed by atoms with E-state index >= 15 is 0 Å². The van der Waals surface area contributed by atoms with Gasteiger partial charge in [0.2, 0.25) is 5.91 Å². The molecule has 0 saturated heterocycles. The Labute approximate surface area is 205 Å². The van der Waals surface area contributed by atoms with Gasteiger partial charge in [-0.1, -0.05) is 41.9 Å². The maximum atomic E-state index is 12.9. The first-order valence-electron chi connectivity index (χ1n) is 10.1. The number of hydrogen-bond donors (Lipinski definition) is 3. The Morgan fingerprint density at radius 2 is 1.94 bits per heavy atom. The SMILES string of the molecule is COc1cccc2c1c(NS(=O)(=O)c1ccc(Cl)s1)nn2Cc1cccc(CNC(=O)CO)c1. The molecule has 0 aliphatic carbocycles. The first-order valence-corrected chi connectivity index (χ1v) is 12.8. The number of thiophene rings is 1. The van der Waals surface area contributed by atoms with Gasteiger partial charge >= 0.3 is 0 Å². The molecule has 2 aromatic heterocycles. The fourth-order valence-electron chi connectivity index (χ4n) is 3.45. The van der Waals surface area contributed by atoms with Crippen LogP contribution in [0.25, 0.3) is 10.9 Å². The Balaban J connectivity index is 1.69. The second-order valence-electron chi connectivity index (χ2n) is 7.28. The van der Waals surface area contributed by atoms with Gasteiger partial charge in [0.05, 0.1) is 28.9 Å². The summed E-state index contributed by atoms with van der Waals surface area (Å²) < 4.78 is 36.0. The summed E-state index contributed by atoms with van der Waals surface area (Å²) in [6.45, 7) is 0.0461. The van der Waals surface area contributed by atoms with Gasteiger partial charge in [0.1, 0.15) is 16.6 Å². The van der Waals surface area contributed by atoms with E-state index in [4.69, 9.17) is 21.4 Å². The monoisotopic (exact) mass is 520 g/mol. The van der Waals surface area contributed by atoms with Crippen molar-refractivity contribution in [1.29, 1.82) is 0 Å². The van der Waals surface area contributed by atoms with Crippen LogP contribution in [0.5, 0.6) is 5.75 Å². The number of carbonyl (C=O) groups is 1. The average Bonchev–Trinajstić information content (AvgIpc) is 3.42. The van der Waals surface area contributed by atoms with Crippen molar-refractivity contribution in [2.75, 3.05) is 18.4 Å². The Hall–Kier alpha value is -3.12. The minimum atomic E-state index is -3.90. The van der Waals surface area contributed by atoms with Crippen molar-refractivity contribution in [3.63, 3.8) is 0 Å². The lowest BCUT2D eigenvalue weighted by atomic mass is 10.1. The Morgan fingerprint density at radius 1 is 1.18 bits per heavy atom. The smallest absolute Gasteiger partial charge is 0.272 e. The standard InChI is InChI=1S/C22H21ClN4O5S2/c1-32-17-7-3-6-16-21(17)22(26-34(30,31)20-9-8-18(23)33-20)25-27(16)12-15-5-2-4-14(10-15)11-24-19(29)13-28/h2-10,28H,11-13H2,1H3,(H,24,29)(H,25,26). The van der Waals surface area contributed by atoms with E-state index in [9.17, 15) is 13.2 Å². The fourth-order valence-corrected chi connectivity index (χ4v) is 5.94. The third-order valence-corrected chi connectivity index (χ3v) is 8.02. The highest BCUT2D eigenvalue weighted by molar-refractivity contribution is 7.94. The summed E-state index contributed by atoms with van der Waals surface area (Å²) in [5.74, 6) is 0.161. The molecule has 34 heavy (non-hydrogen) atoms. The number of aliphatic hydroxyl groups excluding tert-OH is 1.